The van der Waals surface area contributed by atoms with Gasteiger partial charge in [-0.3, -0.25) is 14.3 Å². The quantitative estimate of drug-likeness (QED) is 0.735. The van der Waals surface area contributed by atoms with E-state index in [2.05, 4.69) is 17.2 Å². The van der Waals surface area contributed by atoms with Crippen molar-refractivity contribution >= 4 is 11.9 Å². The summed E-state index contributed by atoms with van der Waals surface area (Å²) in [6.45, 7) is 5.94. The molecule has 1 amide bonds. The van der Waals surface area contributed by atoms with Crippen molar-refractivity contribution in [1.82, 2.24) is 14.7 Å². The second-order valence-electron chi connectivity index (χ2n) is 6.84. The third-order valence-corrected chi connectivity index (χ3v) is 5.02. The van der Waals surface area contributed by atoms with Gasteiger partial charge in [-0.05, 0) is 31.7 Å². The maximum Gasteiger partial charge on any atom is 0.310 e. The summed E-state index contributed by atoms with van der Waals surface area (Å²) in [7, 11) is 0. The van der Waals surface area contributed by atoms with Crippen molar-refractivity contribution < 1.29 is 14.3 Å². The lowest BCUT2D eigenvalue weighted by molar-refractivity contribution is -0.149. The van der Waals surface area contributed by atoms with E-state index in [9.17, 15) is 9.59 Å². The van der Waals surface area contributed by atoms with E-state index in [4.69, 9.17) is 4.74 Å². The second-order valence-corrected chi connectivity index (χ2v) is 6.84. The van der Waals surface area contributed by atoms with Gasteiger partial charge < -0.3 is 9.64 Å². The normalized spacial score (nSPS) is 17.0. The molecule has 0 bridgehead atoms. The number of ether oxygens (including phenoxy) is 1. The van der Waals surface area contributed by atoms with Crippen LogP contribution < -0.4 is 0 Å². The molecule has 1 fully saturated rings. The van der Waals surface area contributed by atoms with Crippen LogP contribution in [-0.4, -0.2) is 46.3 Å². The molecule has 1 aliphatic rings. The maximum absolute atomic E-state index is 13.1. The molecule has 6 nitrogen and oxygen atoms in total. The van der Waals surface area contributed by atoms with Gasteiger partial charge in [0.15, 0.2) is 0 Å². The van der Waals surface area contributed by atoms with Crippen LogP contribution in [0.15, 0.2) is 36.5 Å². The summed E-state index contributed by atoms with van der Waals surface area (Å²) in [6.07, 6.45) is 3.98. The Morgan fingerprint density at radius 1 is 1.22 bits per heavy atom. The van der Waals surface area contributed by atoms with Crippen LogP contribution in [0.2, 0.25) is 0 Å². The van der Waals surface area contributed by atoms with Gasteiger partial charge in [0.25, 0.3) is 5.91 Å². The Balaban J connectivity index is 1.75. The minimum Gasteiger partial charge on any atom is -0.466 e. The molecule has 2 aromatic rings. The summed E-state index contributed by atoms with van der Waals surface area (Å²) in [5.74, 6) is -0.474. The number of aromatic nitrogens is 2. The number of esters is 1. The summed E-state index contributed by atoms with van der Waals surface area (Å²) in [5.41, 5.74) is 2.72. The predicted octanol–water partition coefficient (Wildman–Crippen LogP) is 2.91. The summed E-state index contributed by atoms with van der Waals surface area (Å²) in [6, 6.07) is 10.1. The summed E-state index contributed by atoms with van der Waals surface area (Å²) < 4.78 is 7.04. The van der Waals surface area contributed by atoms with Crippen molar-refractivity contribution in [3.8, 4) is 0 Å². The average Bonchev–Trinajstić information content (AvgIpc) is 3.11. The molecule has 1 aromatic heterocycles. The highest BCUT2D eigenvalue weighted by Crippen LogP contribution is 2.22. The SMILES string of the molecule is CCOC(=O)[C@@H]1CCCN(C(=O)c2cnn(Cc3ccccc3)c2CC)C1. The first-order valence-corrected chi connectivity index (χ1v) is 9.68. The van der Waals surface area contributed by atoms with Gasteiger partial charge in [-0.2, -0.15) is 5.10 Å². The molecule has 0 unspecified atom stereocenters. The summed E-state index contributed by atoms with van der Waals surface area (Å²) in [4.78, 5) is 26.9. The molecule has 1 aliphatic heterocycles. The van der Waals surface area contributed by atoms with Crippen LogP contribution in [0.4, 0.5) is 0 Å². The molecule has 0 aliphatic carbocycles. The zero-order valence-electron chi connectivity index (χ0n) is 16.1. The molecule has 0 N–H and O–H groups in total. The fourth-order valence-electron chi connectivity index (χ4n) is 3.64. The number of nitrogens with zero attached hydrogens (tertiary/aromatic N) is 3. The van der Waals surface area contributed by atoms with Crippen molar-refractivity contribution in [2.75, 3.05) is 19.7 Å². The monoisotopic (exact) mass is 369 g/mol. The Hall–Kier alpha value is -2.63. The number of benzene rings is 1. The number of hydrogen-bond acceptors (Lipinski definition) is 4. The van der Waals surface area contributed by atoms with Crippen molar-refractivity contribution in [3.05, 3.63) is 53.3 Å². The van der Waals surface area contributed by atoms with Crippen LogP contribution >= 0.6 is 0 Å². The lowest BCUT2D eigenvalue weighted by Gasteiger charge is -2.31. The van der Waals surface area contributed by atoms with Gasteiger partial charge in [0.05, 0.1) is 36.5 Å². The smallest absolute Gasteiger partial charge is 0.310 e. The number of piperidine rings is 1. The highest BCUT2D eigenvalue weighted by molar-refractivity contribution is 5.95. The minimum atomic E-state index is -0.230. The van der Waals surface area contributed by atoms with Crippen LogP contribution in [0.25, 0.3) is 0 Å². The topological polar surface area (TPSA) is 64.4 Å². The van der Waals surface area contributed by atoms with Crippen LogP contribution in [0.3, 0.4) is 0 Å². The molecule has 0 spiro atoms. The number of carbonyl (C=O) groups is 2. The fraction of sp³-hybridized carbons (Fsp3) is 0.476. The molecular formula is C21H27N3O3. The van der Waals surface area contributed by atoms with Crippen molar-refractivity contribution in [3.63, 3.8) is 0 Å². The number of amides is 1. The largest absolute Gasteiger partial charge is 0.466 e. The zero-order valence-corrected chi connectivity index (χ0v) is 16.1. The average molecular weight is 369 g/mol. The van der Waals surface area contributed by atoms with E-state index >= 15 is 0 Å². The summed E-state index contributed by atoms with van der Waals surface area (Å²) in [5, 5.41) is 4.46. The van der Waals surface area contributed by atoms with Gasteiger partial charge in [-0.1, -0.05) is 37.3 Å². The molecule has 3 rings (SSSR count). The van der Waals surface area contributed by atoms with Gasteiger partial charge in [-0.15, -0.1) is 0 Å². The molecule has 6 heteroatoms. The molecule has 2 heterocycles. The Bertz CT molecular complexity index is 785. The number of likely N-dealkylation sites (tertiary alicyclic amines) is 1. The van der Waals surface area contributed by atoms with Crippen LogP contribution in [-0.2, 0) is 22.5 Å². The summed E-state index contributed by atoms with van der Waals surface area (Å²) >= 11 is 0. The second kappa shape index (κ2) is 8.84. The van der Waals surface area contributed by atoms with E-state index in [0.717, 1.165) is 30.5 Å². The van der Waals surface area contributed by atoms with E-state index < -0.39 is 0 Å². The first-order chi connectivity index (χ1) is 13.1. The molecule has 0 saturated carbocycles. The first kappa shape index (κ1) is 19.1. The molecule has 1 saturated heterocycles. The van der Waals surface area contributed by atoms with Crippen molar-refractivity contribution in [2.24, 2.45) is 5.92 Å². The van der Waals surface area contributed by atoms with E-state index in [-0.39, 0.29) is 17.8 Å². The maximum atomic E-state index is 13.1. The number of rotatable bonds is 6. The standard InChI is InChI=1S/C21H27N3O3/c1-3-19-18(13-22-24(19)14-16-9-6-5-7-10-16)20(25)23-12-8-11-17(15-23)21(26)27-4-2/h5-7,9-10,13,17H,3-4,8,11-12,14-15H2,1-2H3/t17-/m1/s1. The number of carbonyl (C=O) groups excluding carboxylic acids is 2. The van der Waals surface area contributed by atoms with Gasteiger partial charge >= 0.3 is 5.97 Å². The first-order valence-electron chi connectivity index (χ1n) is 9.68. The third kappa shape index (κ3) is 4.38. The zero-order chi connectivity index (χ0) is 19.2. The van der Waals surface area contributed by atoms with Crippen molar-refractivity contribution in [1.29, 1.82) is 0 Å². The number of hydrogen-bond donors (Lipinski definition) is 0. The van der Waals surface area contributed by atoms with E-state index in [1.54, 1.807) is 18.0 Å². The highest BCUT2D eigenvalue weighted by Gasteiger charge is 2.31. The van der Waals surface area contributed by atoms with Gasteiger partial charge in [0.2, 0.25) is 0 Å². The lowest BCUT2D eigenvalue weighted by atomic mass is 9.97. The Labute approximate surface area is 160 Å². The van der Waals surface area contributed by atoms with E-state index in [1.807, 2.05) is 29.8 Å². The third-order valence-electron chi connectivity index (χ3n) is 5.02. The fourth-order valence-corrected chi connectivity index (χ4v) is 3.64. The molecular weight excluding hydrogens is 342 g/mol. The molecule has 1 atom stereocenters. The Morgan fingerprint density at radius 3 is 2.70 bits per heavy atom. The van der Waals surface area contributed by atoms with Crippen molar-refractivity contribution in [2.45, 2.75) is 39.7 Å². The minimum absolute atomic E-state index is 0.0415. The van der Waals surface area contributed by atoms with Crippen LogP contribution in [0, 0.1) is 5.92 Å². The Morgan fingerprint density at radius 2 is 2.00 bits per heavy atom. The molecule has 144 valence electrons. The van der Waals surface area contributed by atoms with E-state index in [1.165, 1.54) is 0 Å². The van der Waals surface area contributed by atoms with Crippen LogP contribution in [0.5, 0.6) is 0 Å². The molecule has 1 aromatic carbocycles. The van der Waals surface area contributed by atoms with Crippen LogP contribution in [0.1, 0.15) is 48.3 Å². The molecule has 0 radical (unpaired) electrons. The van der Waals surface area contributed by atoms with Gasteiger partial charge in [0, 0.05) is 13.1 Å². The van der Waals surface area contributed by atoms with Gasteiger partial charge in [0.1, 0.15) is 0 Å². The van der Waals surface area contributed by atoms with Gasteiger partial charge in [-0.25, -0.2) is 0 Å². The highest BCUT2D eigenvalue weighted by atomic mass is 16.5. The lowest BCUT2D eigenvalue weighted by Crippen LogP contribution is -2.43. The van der Waals surface area contributed by atoms with E-state index in [0.29, 0.717) is 31.8 Å². The Kier molecular flexibility index (Phi) is 6.27. The predicted molar refractivity (Wildman–Crippen MR) is 102 cm³/mol. The molecule has 27 heavy (non-hydrogen) atoms.